The molecule has 1 aromatic heterocycles. The van der Waals surface area contributed by atoms with E-state index >= 15 is 0 Å². The Balaban J connectivity index is 1.50. The second-order valence-corrected chi connectivity index (χ2v) is 9.53. The number of amides is 2. The first-order chi connectivity index (χ1) is 15.6. The van der Waals surface area contributed by atoms with E-state index in [0.29, 0.717) is 17.0 Å². The zero-order valence-electron chi connectivity index (χ0n) is 18.3. The van der Waals surface area contributed by atoms with Crippen molar-refractivity contribution in [3.05, 3.63) is 40.8 Å². The maximum atomic E-state index is 13.3. The van der Waals surface area contributed by atoms with E-state index in [1.165, 1.54) is 36.2 Å². The van der Waals surface area contributed by atoms with Gasteiger partial charge in [0.15, 0.2) is 6.61 Å². The van der Waals surface area contributed by atoms with Gasteiger partial charge in [-0.15, -0.1) is 0 Å². The van der Waals surface area contributed by atoms with Crippen LogP contribution in [0.1, 0.15) is 32.2 Å². The van der Waals surface area contributed by atoms with Gasteiger partial charge in [-0.1, -0.05) is 0 Å². The number of nitrogens with zero attached hydrogens (tertiary/aromatic N) is 2. The van der Waals surface area contributed by atoms with Crippen LogP contribution in [0.15, 0.2) is 27.5 Å². The lowest BCUT2D eigenvalue weighted by Crippen LogP contribution is -2.50. The van der Waals surface area contributed by atoms with Gasteiger partial charge < -0.3 is 24.1 Å². The third kappa shape index (κ3) is 4.07. The monoisotopic (exact) mass is 477 g/mol. The summed E-state index contributed by atoms with van der Waals surface area (Å²) in [6.07, 6.45) is 0. The van der Waals surface area contributed by atoms with Crippen LogP contribution in [0.3, 0.4) is 0 Å². The van der Waals surface area contributed by atoms with Gasteiger partial charge in [0.2, 0.25) is 10.0 Å². The van der Waals surface area contributed by atoms with Crippen molar-refractivity contribution in [1.82, 2.24) is 9.21 Å². The molecular formula is C21H23N3O8S. The van der Waals surface area contributed by atoms with E-state index in [9.17, 15) is 22.8 Å². The lowest BCUT2D eigenvalue weighted by Gasteiger charge is -2.34. The number of hydrogen-bond acceptors (Lipinski definition) is 8. The Kier molecular flexibility index (Phi) is 5.89. The molecule has 4 rings (SSSR count). The average molecular weight is 477 g/mol. The molecule has 0 spiro atoms. The van der Waals surface area contributed by atoms with Gasteiger partial charge in [-0.25, -0.2) is 13.2 Å². The zero-order chi connectivity index (χ0) is 23.9. The van der Waals surface area contributed by atoms with Crippen molar-refractivity contribution in [2.45, 2.75) is 18.7 Å². The Morgan fingerprint density at radius 1 is 1.09 bits per heavy atom. The maximum Gasteiger partial charge on any atom is 0.342 e. The Labute approximate surface area is 190 Å². The van der Waals surface area contributed by atoms with Crippen LogP contribution in [-0.4, -0.2) is 75.3 Å². The van der Waals surface area contributed by atoms with E-state index in [1.807, 2.05) is 0 Å². The van der Waals surface area contributed by atoms with Crippen LogP contribution in [0.5, 0.6) is 5.75 Å². The van der Waals surface area contributed by atoms with Crippen molar-refractivity contribution < 1.29 is 36.7 Å². The maximum absolute atomic E-state index is 13.3. The summed E-state index contributed by atoms with van der Waals surface area (Å²) in [5.41, 5.74) is 0.649. The molecule has 33 heavy (non-hydrogen) atoms. The van der Waals surface area contributed by atoms with Gasteiger partial charge in [0.1, 0.15) is 27.7 Å². The van der Waals surface area contributed by atoms with Crippen LogP contribution < -0.4 is 10.1 Å². The first-order valence-electron chi connectivity index (χ1n) is 10.2. The number of piperazine rings is 1. The van der Waals surface area contributed by atoms with Crippen LogP contribution in [0, 0.1) is 13.8 Å². The fraction of sp³-hybridized carbons (Fsp3) is 0.381. The summed E-state index contributed by atoms with van der Waals surface area (Å²) in [5.74, 6) is -0.642. The Bertz CT molecular complexity index is 1240. The highest BCUT2D eigenvalue weighted by Gasteiger charge is 2.37. The minimum Gasteiger partial charge on any atom is -0.482 e. The number of furan rings is 1. The second kappa shape index (κ2) is 8.52. The lowest BCUT2D eigenvalue weighted by atomic mass is 10.1. The Morgan fingerprint density at radius 2 is 1.79 bits per heavy atom. The van der Waals surface area contributed by atoms with Crippen LogP contribution in [0.4, 0.5) is 5.69 Å². The molecule has 1 saturated heterocycles. The molecule has 0 atom stereocenters. The molecule has 2 aliphatic rings. The minimum atomic E-state index is -4.05. The number of aryl methyl sites for hydroxylation is 2. The molecule has 1 fully saturated rings. The molecule has 1 N–H and O–H groups in total. The van der Waals surface area contributed by atoms with Crippen molar-refractivity contribution in [2.75, 3.05) is 45.2 Å². The van der Waals surface area contributed by atoms with Gasteiger partial charge in [-0.2, -0.15) is 4.31 Å². The van der Waals surface area contributed by atoms with Crippen LogP contribution >= 0.6 is 0 Å². The Hall–Kier alpha value is -3.38. The smallest absolute Gasteiger partial charge is 0.342 e. The van der Waals surface area contributed by atoms with Crippen molar-refractivity contribution in [3.63, 3.8) is 0 Å². The predicted molar refractivity (Wildman–Crippen MR) is 115 cm³/mol. The van der Waals surface area contributed by atoms with Gasteiger partial charge >= 0.3 is 5.97 Å². The van der Waals surface area contributed by atoms with E-state index in [4.69, 9.17) is 13.9 Å². The van der Waals surface area contributed by atoms with Gasteiger partial charge in [-0.3, -0.25) is 9.59 Å². The van der Waals surface area contributed by atoms with Gasteiger partial charge in [-0.05, 0) is 32.0 Å². The molecule has 11 nitrogen and oxygen atoms in total. The number of anilines is 1. The molecule has 0 bridgehead atoms. The van der Waals surface area contributed by atoms with E-state index in [0.717, 1.165) is 0 Å². The predicted octanol–water partition coefficient (Wildman–Crippen LogP) is 1.16. The molecule has 2 aliphatic heterocycles. The van der Waals surface area contributed by atoms with Gasteiger partial charge in [0, 0.05) is 31.7 Å². The van der Waals surface area contributed by atoms with Crippen molar-refractivity contribution in [1.29, 1.82) is 0 Å². The number of ether oxygens (including phenoxy) is 2. The molecular weight excluding hydrogens is 454 g/mol. The number of carbonyl (C=O) groups excluding carboxylic acids is 3. The molecule has 2 aromatic rings. The summed E-state index contributed by atoms with van der Waals surface area (Å²) < 4.78 is 43.3. The van der Waals surface area contributed by atoms with Crippen LogP contribution in [0.2, 0.25) is 0 Å². The molecule has 3 heterocycles. The second-order valence-electron chi connectivity index (χ2n) is 7.65. The van der Waals surface area contributed by atoms with E-state index < -0.39 is 16.0 Å². The topological polar surface area (TPSA) is 135 Å². The summed E-state index contributed by atoms with van der Waals surface area (Å²) in [7, 11) is -2.88. The molecule has 2 amide bonds. The number of fused-ring (bicyclic) bond motifs is 1. The van der Waals surface area contributed by atoms with Gasteiger partial charge in [0.05, 0.1) is 12.8 Å². The highest BCUT2D eigenvalue weighted by Crippen LogP contribution is 2.31. The summed E-state index contributed by atoms with van der Waals surface area (Å²) in [6, 6.07) is 4.75. The number of nitrogens with one attached hydrogen (secondary N) is 1. The number of esters is 1. The number of methoxy groups -OCH3 is 1. The normalized spacial score (nSPS) is 16.6. The van der Waals surface area contributed by atoms with E-state index in [2.05, 4.69) is 5.32 Å². The first-order valence-corrected chi connectivity index (χ1v) is 11.6. The molecule has 0 radical (unpaired) electrons. The number of benzene rings is 1. The molecule has 12 heteroatoms. The third-order valence-electron chi connectivity index (χ3n) is 5.58. The lowest BCUT2D eigenvalue weighted by molar-refractivity contribution is -0.118. The fourth-order valence-corrected chi connectivity index (χ4v) is 5.76. The highest BCUT2D eigenvalue weighted by molar-refractivity contribution is 7.89. The van der Waals surface area contributed by atoms with Crippen LogP contribution in [0.25, 0.3) is 0 Å². The summed E-state index contributed by atoms with van der Waals surface area (Å²) in [4.78, 5) is 38.0. The third-order valence-corrected chi connectivity index (χ3v) is 7.63. The van der Waals surface area contributed by atoms with Crippen molar-refractivity contribution in [3.8, 4) is 5.75 Å². The first kappa shape index (κ1) is 22.8. The Morgan fingerprint density at radius 3 is 2.45 bits per heavy atom. The largest absolute Gasteiger partial charge is 0.482 e. The van der Waals surface area contributed by atoms with E-state index in [-0.39, 0.29) is 66.6 Å². The zero-order valence-corrected chi connectivity index (χ0v) is 19.2. The van der Waals surface area contributed by atoms with Gasteiger partial charge in [0.25, 0.3) is 11.8 Å². The van der Waals surface area contributed by atoms with Crippen molar-refractivity contribution >= 4 is 33.5 Å². The van der Waals surface area contributed by atoms with E-state index in [1.54, 1.807) is 12.1 Å². The minimum absolute atomic E-state index is 0.0448. The summed E-state index contributed by atoms with van der Waals surface area (Å²) in [6.45, 7) is 3.30. The quantitative estimate of drug-likeness (QED) is 0.648. The van der Waals surface area contributed by atoms with Crippen LogP contribution in [-0.2, 0) is 19.6 Å². The molecule has 0 aliphatic carbocycles. The number of hydrogen-bond donors (Lipinski definition) is 1. The number of rotatable bonds is 4. The molecule has 176 valence electrons. The molecule has 0 saturated carbocycles. The van der Waals surface area contributed by atoms with Crippen molar-refractivity contribution in [2.24, 2.45) is 0 Å². The standard InChI is InChI=1S/C21H23N3O8S/c1-12-18(21(27)30-3)19(13(2)32-12)33(28,29)24-8-6-23(7-9-24)20(26)14-4-5-16-15(10-14)22-17(25)11-31-16/h4-5,10H,6-9,11H2,1-3H3,(H,22,25). The molecule has 1 aromatic carbocycles. The highest BCUT2D eigenvalue weighted by atomic mass is 32.2. The summed E-state index contributed by atoms with van der Waals surface area (Å²) in [5, 5.41) is 2.66. The fourth-order valence-electron chi connectivity index (χ4n) is 3.97. The number of carbonyl (C=O) groups is 3. The number of sulfonamides is 1. The molecule has 0 unspecified atom stereocenters. The average Bonchev–Trinajstić information content (AvgIpc) is 3.11. The SMILES string of the molecule is COC(=O)c1c(C)oc(C)c1S(=O)(=O)N1CCN(C(=O)c2ccc3c(c2)NC(=O)CO3)CC1. The summed E-state index contributed by atoms with van der Waals surface area (Å²) >= 11 is 0.